The molecule has 0 saturated carbocycles. The summed E-state index contributed by atoms with van der Waals surface area (Å²) in [6.45, 7) is 3.29. The molecule has 2 fully saturated rings. The molecule has 3 heterocycles. The average Bonchev–Trinajstić information content (AvgIpc) is 3.15. The Morgan fingerprint density at radius 2 is 2.00 bits per heavy atom. The highest BCUT2D eigenvalue weighted by atomic mass is 16.4. The number of hydrogen-bond donors (Lipinski definition) is 3. The van der Waals surface area contributed by atoms with Gasteiger partial charge >= 0.3 is 11.9 Å². The molecule has 126 valence electrons. The molecule has 0 radical (unpaired) electrons. The molecular weight excluding hydrogens is 312 g/mol. The zero-order chi connectivity index (χ0) is 17.5. The fourth-order valence-corrected chi connectivity index (χ4v) is 2.86. The SMILES string of the molecule is N#Cc1cncc(N2C[C@H]3CCN[C@H]3C2)c1.O=C(O)/C=C/C(=O)O. The Kier molecular flexibility index (Phi) is 5.87. The highest BCUT2D eigenvalue weighted by Gasteiger charge is 2.35. The van der Waals surface area contributed by atoms with Crippen LogP contribution in [0.15, 0.2) is 30.6 Å². The van der Waals surface area contributed by atoms with Crippen molar-refractivity contribution >= 4 is 17.6 Å². The second kappa shape index (κ2) is 8.08. The quantitative estimate of drug-likeness (QED) is 0.682. The van der Waals surface area contributed by atoms with E-state index in [1.807, 2.05) is 12.3 Å². The van der Waals surface area contributed by atoms with Crippen LogP contribution in [0, 0.1) is 17.2 Å². The van der Waals surface area contributed by atoms with E-state index < -0.39 is 11.9 Å². The number of aliphatic carboxylic acids is 2. The van der Waals surface area contributed by atoms with Gasteiger partial charge in [0.2, 0.25) is 0 Å². The van der Waals surface area contributed by atoms with E-state index in [4.69, 9.17) is 15.5 Å². The van der Waals surface area contributed by atoms with Gasteiger partial charge in [-0.2, -0.15) is 5.26 Å². The molecule has 8 nitrogen and oxygen atoms in total. The third-order valence-corrected chi connectivity index (χ3v) is 3.95. The summed E-state index contributed by atoms with van der Waals surface area (Å²) < 4.78 is 0. The lowest BCUT2D eigenvalue weighted by atomic mass is 10.1. The Morgan fingerprint density at radius 3 is 2.58 bits per heavy atom. The maximum absolute atomic E-state index is 9.55. The maximum atomic E-state index is 9.55. The van der Waals surface area contributed by atoms with Crippen molar-refractivity contribution in [1.82, 2.24) is 10.3 Å². The summed E-state index contributed by atoms with van der Waals surface area (Å²) in [5, 5.41) is 28.0. The van der Waals surface area contributed by atoms with Gasteiger partial charge in [-0.05, 0) is 24.9 Å². The molecule has 0 unspecified atom stereocenters. The van der Waals surface area contributed by atoms with E-state index in [1.165, 1.54) is 6.42 Å². The molecule has 0 spiro atoms. The number of carbonyl (C=O) groups is 2. The van der Waals surface area contributed by atoms with Crippen LogP contribution in [0.1, 0.15) is 12.0 Å². The summed E-state index contributed by atoms with van der Waals surface area (Å²) in [4.78, 5) is 25.5. The van der Waals surface area contributed by atoms with Crippen molar-refractivity contribution in [2.24, 2.45) is 5.92 Å². The first-order valence-corrected chi connectivity index (χ1v) is 7.47. The van der Waals surface area contributed by atoms with Crippen LogP contribution in [0.25, 0.3) is 0 Å². The number of anilines is 1. The van der Waals surface area contributed by atoms with E-state index in [0.717, 1.165) is 31.2 Å². The molecule has 1 aromatic heterocycles. The van der Waals surface area contributed by atoms with Crippen molar-refractivity contribution in [2.75, 3.05) is 24.5 Å². The van der Waals surface area contributed by atoms with Crippen LogP contribution in [0.5, 0.6) is 0 Å². The lowest BCUT2D eigenvalue weighted by Gasteiger charge is -2.19. The van der Waals surface area contributed by atoms with Gasteiger partial charge in [-0.3, -0.25) is 4.98 Å². The molecule has 0 amide bonds. The summed E-state index contributed by atoms with van der Waals surface area (Å²) in [6.07, 6.45) is 5.84. The van der Waals surface area contributed by atoms with E-state index in [2.05, 4.69) is 21.3 Å². The summed E-state index contributed by atoms with van der Waals surface area (Å²) >= 11 is 0. The fourth-order valence-electron chi connectivity index (χ4n) is 2.86. The normalized spacial score (nSPS) is 21.7. The Balaban J connectivity index is 0.000000224. The Hall–Kier alpha value is -2.92. The van der Waals surface area contributed by atoms with Gasteiger partial charge in [0.25, 0.3) is 0 Å². The minimum absolute atomic E-state index is 0.558. The molecule has 2 aliphatic rings. The van der Waals surface area contributed by atoms with Gasteiger partial charge in [0, 0.05) is 37.5 Å². The van der Waals surface area contributed by atoms with Gasteiger partial charge in [-0.1, -0.05) is 0 Å². The van der Waals surface area contributed by atoms with Gasteiger partial charge < -0.3 is 20.4 Å². The number of aromatic nitrogens is 1. The van der Waals surface area contributed by atoms with Crippen LogP contribution in [-0.4, -0.2) is 52.8 Å². The Bertz CT molecular complexity index is 655. The number of rotatable bonds is 3. The number of carboxylic acids is 2. The molecule has 0 aromatic carbocycles. The van der Waals surface area contributed by atoms with Crippen molar-refractivity contribution in [3.8, 4) is 6.07 Å². The zero-order valence-electron chi connectivity index (χ0n) is 12.9. The second-order valence-electron chi connectivity index (χ2n) is 5.57. The van der Waals surface area contributed by atoms with E-state index in [9.17, 15) is 9.59 Å². The fraction of sp³-hybridized carbons (Fsp3) is 0.375. The smallest absolute Gasteiger partial charge is 0.328 e. The third kappa shape index (κ3) is 4.79. The minimum atomic E-state index is -1.26. The molecule has 0 aliphatic carbocycles. The number of nitrogens with zero attached hydrogens (tertiary/aromatic N) is 3. The zero-order valence-corrected chi connectivity index (χ0v) is 12.9. The number of carboxylic acid groups (broad SMARTS) is 2. The number of nitrogens with one attached hydrogen (secondary N) is 1. The van der Waals surface area contributed by atoms with Crippen LogP contribution >= 0.6 is 0 Å². The Morgan fingerprint density at radius 1 is 1.29 bits per heavy atom. The molecule has 2 atom stereocenters. The molecule has 3 rings (SSSR count). The highest BCUT2D eigenvalue weighted by molar-refractivity contribution is 5.89. The van der Waals surface area contributed by atoms with Crippen molar-refractivity contribution in [3.63, 3.8) is 0 Å². The minimum Gasteiger partial charge on any atom is -0.478 e. The summed E-state index contributed by atoms with van der Waals surface area (Å²) in [5.74, 6) is -1.74. The van der Waals surface area contributed by atoms with Crippen LogP contribution in [0.2, 0.25) is 0 Å². The number of pyridine rings is 1. The first-order valence-electron chi connectivity index (χ1n) is 7.47. The van der Waals surface area contributed by atoms with Crippen molar-refractivity contribution in [2.45, 2.75) is 12.5 Å². The van der Waals surface area contributed by atoms with Crippen LogP contribution in [-0.2, 0) is 9.59 Å². The lowest BCUT2D eigenvalue weighted by molar-refractivity contribution is -0.134. The molecule has 8 heteroatoms. The van der Waals surface area contributed by atoms with Crippen LogP contribution < -0.4 is 10.2 Å². The molecule has 0 bridgehead atoms. The van der Waals surface area contributed by atoms with E-state index >= 15 is 0 Å². The topological polar surface area (TPSA) is 127 Å². The van der Waals surface area contributed by atoms with Gasteiger partial charge in [0.05, 0.1) is 17.4 Å². The third-order valence-electron chi connectivity index (χ3n) is 3.95. The van der Waals surface area contributed by atoms with E-state index in [0.29, 0.717) is 23.8 Å². The molecule has 2 saturated heterocycles. The Labute approximate surface area is 139 Å². The lowest BCUT2D eigenvalue weighted by Crippen LogP contribution is -2.30. The highest BCUT2D eigenvalue weighted by Crippen LogP contribution is 2.28. The maximum Gasteiger partial charge on any atom is 0.328 e. The molecule has 2 aliphatic heterocycles. The van der Waals surface area contributed by atoms with Crippen LogP contribution in [0.4, 0.5) is 5.69 Å². The van der Waals surface area contributed by atoms with Crippen LogP contribution in [0.3, 0.4) is 0 Å². The largest absolute Gasteiger partial charge is 0.478 e. The summed E-state index contributed by atoms with van der Waals surface area (Å²) in [5.41, 5.74) is 1.72. The van der Waals surface area contributed by atoms with Crippen molar-refractivity contribution < 1.29 is 19.8 Å². The number of fused-ring (bicyclic) bond motifs is 1. The molecule has 3 N–H and O–H groups in total. The van der Waals surface area contributed by atoms with Gasteiger partial charge in [0.15, 0.2) is 0 Å². The second-order valence-corrected chi connectivity index (χ2v) is 5.57. The van der Waals surface area contributed by atoms with E-state index in [1.54, 1.807) is 6.20 Å². The number of nitriles is 1. The molecule has 1 aromatic rings. The van der Waals surface area contributed by atoms with Crippen molar-refractivity contribution in [3.05, 3.63) is 36.2 Å². The summed E-state index contributed by atoms with van der Waals surface area (Å²) in [7, 11) is 0. The van der Waals surface area contributed by atoms with E-state index in [-0.39, 0.29) is 0 Å². The number of hydrogen-bond acceptors (Lipinski definition) is 6. The average molecular weight is 330 g/mol. The van der Waals surface area contributed by atoms with Gasteiger partial charge in [-0.15, -0.1) is 0 Å². The van der Waals surface area contributed by atoms with Gasteiger partial charge in [-0.25, -0.2) is 9.59 Å². The predicted octanol–water partition coefficient (Wildman–Crippen LogP) is 0.463. The monoisotopic (exact) mass is 330 g/mol. The molecule has 24 heavy (non-hydrogen) atoms. The molecular formula is C16H18N4O4. The van der Waals surface area contributed by atoms with Crippen molar-refractivity contribution in [1.29, 1.82) is 5.26 Å². The van der Waals surface area contributed by atoms with Gasteiger partial charge in [0.1, 0.15) is 6.07 Å². The predicted molar refractivity (Wildman–Crippen MR) is 85.5 cm³/mol. The first-order chi connectivity index (χ1) is 11.5. The summed E-state index contributed by atoms with van der Waals surface area (Å²) in [6, 6.07) is 4.69. The standard InChI is InChI=1S/C12H14N4.C4H4O4/c13-4-9-3-11(6-14-5-9)16-7-10-1-2-15-12(10)8-16;5-3(6)1-2-4(7)8/h3,5-6,10,12,15H,1-2,7-8H2;1-2H,(H,5,6)(H,7,8)/b;2-1+/t10-,12+;/m1./s1. The first kappa shape index (κ1) is 17.4.